The number of carbonyl (C=O) groups excluding carboxylic acids is 1. The maximum atomic E-state index is 11.9. The Labute approximate surface area is 155 Å². The van der Waals surface area contributed by atoms with Crippen molar-refractivity contribution in [3.8, 4) is 5.75 Å². The largest absolute Gasteiger partial charge is 0.507 e. The van der Waals surface area contributed by atoms with E-state index in [1.54, 1.807) is 36.5 Å². The average Bonchev–Trinajstić information content (AvgIpc) is 2.67. The lowest BCUT2D eigenvalue weighted by Crippen LogP contribution is -2.25. The SMILES string of the molecule is O=C(O)CCNC(=O)c1ccc(N=Cc2c(O)ccc3ccccc23)cc1. The molecule has 3 aromatic carbocycles. The van der Waals surface area contributed by atoms with Gasteiger partial charge in [-0.1, -0.05) is 30.3 Å². The maximum Gasteiger partial charge on any atom is 0.305 e. The third-order valence-corrected chi connectivity index (χ3v) is 4.04. The molecule has 6 nitrogen and oxygen atoms in total. The van der Waals surface area contributed by atoms with E-state index in [0.29, 0.717) is 16.8 Å². The quantitative estimate of drug-likeness (QED) is 0.584. The Hall–Kier alpha value is -3.67. The molecule has 0 atom stereocenters. The van der Waals surface area contributed by atoms with Gasteiger partial charge in [0.05, 0.1) is 12.1 Å². The van der Waals surface area contributed by atoms with Crippen molar-refractivity contribution < 1.29 is 19.8 Å². The van der Waals surface area contributed by atoms with Crippen molar-refractivity contribution in [3.05, 3.63) is 71.8 Å². The van der Waals surface area contributed by atoms with Gasteiger partial charge in [0.1, 0.15) is 5.75 Å². The summed E-state index contributed by atoms with van der Waals surface area (Å²) in [6.07, 6.45) is 1.47. The number of aliphatic imine (C=N–C) groups is 1. The predicted octanol–water partition coefficient (Wildman–Crippen LogP) is 3.50. The number of carbonyl (C=O) groups is 2. The Kier molecular flexibility index (Phi) is 5.47. The molecule has 0 aliphatic carbocycles. The monoisotopic (exact) mass is 362 g/mol. The van der Waals surface area contributed by atoms with E-state index >= 15 is 0 Å². The zero-order valence-electron chi connectivity index (χ0n) is 14.4. The summed E-state index contributed by atoms with van der Waals surface area (Å²) >= 11 is 0. The van der Waals surface area contributed by atoms with Crippen LogP contribution in [-0.2, 0) is 4.79 Å². The van der Waals surface area contributed by atoms with Crippen molar-refractivity contribution >= 4 is 34.6 Å². The highest BCUT2D eigenvalue weighted by atomic mass is 16.4. The number of hydrogen-bond acceptors (Lipinski definition) is 4. The normalized spacial score (nSPS) is 11.0. The number of phenols is 1. The van der Waals surface area contributed by atoms with Gasteiger partial charge in [0.25, 0.3) is 5.91 Å². The van der Waals surface area contributed by atoms with Gasteiger partial charge in [-0.15, -0.1) is 0 Å². The van der Waals surface area contributed by atoms with Gasteiger partial charge >= 0.3 is 5.97 Å². The van der Waals surface area contributed by atoms with E-state index in [-0.39, 0.29) is 24.6 Å². The van der Waals surface area contributed by atoms with Crippen LogP contribution in [0.4, 0.5) is 5.69 Å². The second kappa shape index (κ2) is 8.14. The predicted molar refractivity (Wildman–Crippen MR) is 104 cm³/mol. The van der Waals surface area contributed by atoms with Crippen molar-refractivity contribution in [1.29, 1.82) is 0 Å². The average molecular weight is 362 g/mol. The Morgan fingerprint density at radius 3 is 2.48 bits per heavy atom. The molecule has 0 bridgehead atoms. The first-order valence-corrected chi connectivity index (χ1v) is 8.39. The molecule has 0 spiro atoms. The van der Waals surface area contributed by atoms with E-state index in [4.69, 9.17) is 5.11 Å². The Morgan fingerprint density at radius 1 is 1.00 bits per heavy atom. The summed E-state index contributed by atoms with van der Waals surface area (Å²) in [6, 6.07) is 17.8. The van der Waals surface area contributed by atoms with Crippen LogP contribution in [0.25, 0.3) is 10.8 Å². The van der Waals surface area contributed by atoms with Crippen LogP contribution >= 0.6 is 0 Å². The first-order valence-electron chi connectivity index (χ1n) is 8.39. The number of nitrogens with one attached hydrogen (secondary N) is 1. The summed E-state index contributed by atoms with van der Waals surface area (Å²) in [7, 11) is 0. The summed E-state index contributed by atoms with van der Waals surface area (Å²) in [4.78, 5) is 26.8. The van der Waals surface area contributed by atoms with Gasteiger partial charge in [0, 0.05) is 23.9 Å². The third-order valence-electron chi connectivity index (χ3n) is 4.04. The number of benzene rings is 3. The van der Waals surface area contributed by atoms with E-state index in [2.05, 4.69) is 10.3 Å². The minimum atomic E-state index is -0.961. The van der Waals surface area contributed by atoms with Crippen LogP contribution in [0.15, 0.2) is 65.7 Å². The summed E-state index contributed by atoms with van der Waals surface area (Å²) in [5, 5.41) is 23.2. The van der Waals surface area contributed by atoms with Crippen LogP contribution in [0.1, 0.15) is 22.3 Å². The Balaban J connectivity index is 1.74. The molecule has 0 aliphatic heterocycles. The van der Waals surface area contributed by atoms with Gasteiger partial charge in [0.2, 0.25) is 0 Å². The number of aliphatic carboxylic acids is 1. The number of nitrogens with zero attached hydrogens (tertiary/aromatic N) is 1. The third kappa shape index (κ3) is 4.49. The van der Waals surface area contributed by atoms with Crippen molar-refractivity contribution in [2.75, 3.05) is 6.54 Å². The van der Waals surface area contributed by atoms with Crippen LogP contribution < -0.4 is 5.32 Å². The molecule has 0 saturated heterocycles. The fourth-order valence-electron chi connectivity index (χ4n) is 2.64. The lowest BCUT2D eigenvalue weighted by molar-refractivity contribution is -0.136. The van der Waals surface area contributed by atoms with Crippen molar-refractivity contribution in [3.63, 3.8) is 0 Å². The number of amides is 1. The zero-order valence-corrected chi connectivity index (χ0v) is 14.4. The molecule has 0 unspecified atom stereocenters. The Bertz CT molecular complexity index is 1010. The van der Waals surface area contributed by atoms with Crippen LogP contribution in [0.3, 0.4) is 0 Å². The number of fused-ring (bicyclic) bond motifs is 1. The Morgan fingerprint density at radius 2 is 1.74 bits per heavy atom. The molecule has 0 heterocycles. The summed E-state index contributed by atoms with van der Waals surface area (Å²) in [5.41, 5.74) is 1.68. The molecule has 0 aliphatic rings. The van der Waals surface area contributed by atoms with Gasteiger partial charge in [-0.25, -0.2) is 0 Å². The molecule has 6 heteroatoms. The van der Waals surface area contributed by atoms with Gasteiger partial charge < -0.3 is 15.5 Å². The number of hydrogen-bond donors (Lipinski definition) is 3. The fraction of sp³-hybridized carbons (Fsp3) is 0.0952. The lowest BCUT2D eigenvalue weighted by atomic mass is 10.0. The van der Waals surface area contributed by atoms with E-state index < -0.39 is 5.97 Å². The number of carboxylic acids is 1. The highest BCUT2D eigenvalue weighted by molar-refractivity contribution is 6.03. The highest BCUT2D eigenvalue weighted by Crippen LogP contribution is 2.26. The fourth-order valence-corrected chi connectivity index (χ4v) is 2.64. The molecule has 3 rings (SSSR count). The highest BCUT2D eigenvalue weighted by Gasteiger charge is 2.07. The number of rotatable bonds is 6. The molecule has 0 saturated carbocycles. The minimum absolute atomic E-state index is 0.0778. The van der Waals surface area contributed by atoms with Crippen LogP contribution in [0, 0.1) is 0 Å². The van der Waals surface area contributed by atoms with Gasteiger partial charge in [-0.2, -0.15) is 0 Å². The smallest absolute Gasteiger partial charge is 0.305 e. The molecule has 3 N–H and O–H groups in total. The lowest BCUT2D eigenvalue weighted by Gasteiger charge is -2.05. The van der Waals surface area contributed by atoms with Crippen molar-refractivity contribution in [2.45, 2.75) is 6.42 Å². The maximum absolute atomic E-state index is 11.9. The van der Waals surface area contributed by atoms with E-state index in [0.717, 1.165) is 10.8 Å². The van der Waals surface area contributed by atoms with Gasteiger partial charge in [-0.05, 0) is 41.1 Å². The number of aromatic hydroxyl groups is 1. The zero-order chi connectivity index (χ0) is 19.2. The molecule has 27 heavy (non-hydrogen) atoms. The second-order valence-electron chi connectivity index (χ2n) is 5.92. The van der Waals surface area contributed by atoms with Crippen LogP contribution in [0.2, 0.25) is 0 Å². The number of phenolic OH excluding ortho intramolecular Hbond substituents is 1. The van der Waals surface area contributed by atoms with Crippen molar-refractivity contribution in [2.24, 2.45) is 4.99 Å². The van der Waals surface area contributed by atoms with Crippen molar-refractivity contribution in [1.82, 2.24) is 5.32 Å². The van der Waals surface area contributed by atoms with Gasteiger partial charge in [-0.3, -0.25) is 14.6 Å². The summed E-state index contributed by atoms with van der Waals surface area (Å²) in [6.45, 7) is 0.0778. The second-order valence-corrected chi connectivity index (χ2v) is 5.92. The molecule has 0 fully saturated rings. The molecule has 0 radical (unpaired) electrons. The summed E-state index contributed by atoms with van der Waals surface area (Å²) < 4.78 is 0. The summed E-state index contributed by atoms with van der Waals surface area (Å²) in [5.74, 6) is -1.15. The standard InChI is InChI=1S/C21H18N2O4/c24-19-10-7-14-3-1-2-4-17(14)18(19)13-23-16-8-5-15(6-9-16)21(27)22-12-11-20(25)26/h1-10,13,24H,11-12H2,(H,22,27)(H,25,26). The molecular weight excluding hydrogens is 344 g/mol. The first kappa shape index (κ1) is 18.1. The van der Waals surface area contributed by atoms with E-state index in [1.807, 2.05) is 30.3 Å². The van der Waals surface area contributed by atoms with E-state index in [1.165, 1.54) is 0 Å². The molecule has 0 aromatic heterocycles. The van der Waals surface area contributed by atoms with E-state index in [9.17, 15) is 14.7 Å². The molecular formula is C21H18N2O4. The molecule has 1 amide bonds. The first-order chi connectivity index (χ1) is 13.0. The van der Waals surface area contributed by atoms with Crippen LogP contribution in [0.5, 0.6) is 5.75 Å². The van der Waals surface area contributed by atoms with Crippen LogP contribution in [-0.4, -0.2) is 34.8 Å². The molecule has 3 aromatic rings. The number of carboxylic acid groups (broad SMARTS) is 1. The topological polar surface area (TPSA) is 99.0 Å². The van der Waals surface area contributed by atoms with Gasteiger partial charge in [0.15, 0.2) is 0 Å². The minimum Gasteiger partial charge on any atom is -0.507 e. The molecule has 136 valence electrons.